The second kappa shape index (κ2) is 5.01. The summed E-state index contributed by atoms with van der Waals surface area (Å²) in [6.45, 7) is 8.24. The molecule has 3 atom stereocenters. The van der Waals surface area contributed by atoms with Crippen molar-refractivity contribution in [1.29, 1.82) is 0 Å². The molecule has 0 bridgehead atoms. The Kier molecular flexibility index (Phi) is 3.60. The molecule has 2 rings (SSSR count). The minimum absolute atomic E-state index is 0.0394. The van der Waals surface area contributed by atoms with E-state index in [2.05, 4.69) is 19.2 Å². The predicted octanol–water partition coefficient (Wildman–Crippen LogP) is 3.10. The van der Waals surface area contributed by atoms with Crippen LogP contribution in [0.4, 0.5) is 0 Å². The summed E-state index contributed by atoms with van der Waals surface area (Å²) < 4.78 is 5.83. The molecule has 0 saturated heterocycles. The van der Waals surface area contributed by atoms with E-state index in [4.69, 9.17) is 4.74 Å². The van der Waals surface area contributed by atoms with E-state index in [1.54, 1.807) is 0 Å². The van der Waals surface area contributed by atoms with Gasteiger partial charge >= 0.3 is 0 Å². The van der Waals surface area contributed by atoms with Crippen LogP contribution in [0.5, 0.6) is 5.75 Å². The van der Waals surface area contributed by atoms with Gasteiger partial charge in [0.15, 0.2) is 0 Å². The molecule has 1 N–H and O–H groups in total. The maximum Gasteiger partial charge on any atom is 0.255 e. The van der Waals surface area contributed by atoms with Crippen molar-refractivity contribution >= 4 is 5.91 Å². The zero-order chi connectivity index (χ0) is 13.3. The number of hydrogen-bond donors (Lipinski definition) is 1. The molecule has 1 aromatic rings. The van der Waals surface area contributed by atoms with E-state index in [-0.39, 0.29) is 18.1 Å². The Balaban J connectivity index is 2.28. The number of ether oxygens (including phenoxy) is 1. The lowest BCUT2D eigenvalue weighted by molar-refractivity contribution is 0.0934. The minimum atomic E-state index is -0.0394. The highest BCUT2D eigenvalue weighted by Crippen LogP contribution is 2.40. The van der Waals surface area contributed by atoms with Gasteiger partial charge in [-0.25, -0.2) is 0 Å². The molecule has 1 aromatic carbocycles. The lowest BCUT2D eigenvalue weighted by atomic mass is 9.96. The first kappa shape index (κ1) is 12.9. The Morgan fingerprint density at radius 1 is 1.44 bits per heavy atom. The molecule has 0 fully saturated rings. The molecule has 1 amide bonds. The summed E-state index contributed by atoms with van der Waals surface area (Å²) in [7, 11) is 0. The van der Waals surface area contributed by atoms with Gasteiger partial charge in [0.1, 0.15) is 11.9 Å². The van der Waals surface area contributed by atoms with Gasteiger partial charge in [-0.1, -0.05) is 26.0 Å². The fourth-order valence-electron chi connectivity index (χ4n) is 2.17. The third-order valence-corrected chi connectivity index (χ3v) is 3.78. The highest BCUT2D eigenvalue weighted by atomic mass is 16.5. The largest absolute Gasteiger partial charge is 0.489 e. The molecule has 3 unspecified atom stereocenters. The molecular formula is C15H21NO2. The number of nitrogens with one attached hydrogen (secondary N) is 1. The number of carbonyl (C=O) groups is 1. The smallest absolute Gasteiger partial charge is 0.255 e. The normalized spacial score (nSPS) is 23.1. The molecule has 98 valence electrons. The van der Waals surface area contributed by atoms with Gasteiger partial charge in [0.2, 0.25) is 0 Å². The van der Waals surface area contributed by atoms with E-state index < -0.39 is 0 Å². The molecule has 1 heterocycles. The Morgan fingerprint density at radius 3 is 2.83 bits per heavy atom. The molecule has 18 heavy (non-hydrogen) atoms. The highest BCUT2D eigenvalue weighted by molar-refractivity contribution is 5.97. The number of carbonyl (C=O) groups excluding carboxylic acids is 1. The maximum atomic E-state index is 12.2. The van der Waals surface area contributed by atoms with Crippen molar-refractivity contribution in [3.63, 3.8) is 0 Å². The molecule has 0 saturated carbocycles. The van der Waals surface area contributed by atoms with E-state index in [9.17, 15) is 4.79 Å². The topological polar surface area (TPSA) is 38.3 Å². The van der Waals surface area contributed by atoms with Crippen molar-refractivity contribution in [2.75, 3.05) is 0 Å². The van der Waals surface area contributed by atoms with Gasteiger partial charge in [-0.2, -0.15) is 0 Å². The van der Waals surface area contributed by atoms with E-state index in [1.807, 2.05) is 32.0 Å². The van der Waals surface area contributed by atoms with Crippen LogP contribution < -0.4 is 10.1 Å². The number of amides is 1. The maximum absolute atomic E-state index is 12.2. The molecule has 0 radical (unpaired) electrons. The van der Waals surface area contributed by atoms with Crippen LogP contribution in [0.3, 0.4) is 0 Å². The molecular weight excluding hydrogens is 226 g/mol. The van der Waals surface area contributed by atoms with Crippen molar-refractivity contribution in [1.82, 2.24) is 5.32 Å². The minimum Gasteiger partial charge on any atom is -0.489 e. The summed E-state index contributed by atoms with van der Waals surface area (Å²) in [6, 6.07) is 6.00. The van der Waals surface area contributed by atoms with Gasteiger partial charge in [-0.05, 0) is 26.3 Å². The van der Waals surface area contributed by atoms with Crippen molar-refractivity contribution in [2.45, 2.75) is 52.2 Å². The van der Waals surface area contributed by atoms with Crippen molar-refractivity contribution in [2.24, 2.45) is 0 Å². The first-order chi connectivity index (χ1) is 8.54. The van der Waals surface area contributed by atoms with E-state index in [0.29, 0.717) is 11.5 Å². The molecule has 1 aliphatic heterocycles. The summed E-state index contributed by atoms with van der Waals surface area (Å²) in [4.78, 5) is 12.2. The lowest BCUT2D eigenvalue weighted by Gasteiger charge is -2.13. The standard InChI is InChI=1S/C15H21NO2/c1-5-9(2)16-15(17)13-8-6-7-12-10(3)11(4)18-14(12)13/h6-11H,5H2,1-4H3,(H,16,17). The van der Waals surface area contributed by atoms with Crippen LogP contribution in [0, 0.1) is 0 Å². The Bertz CT molecular complexity index is 456. The third kappa shape index (κ3) is 2.22. The second-order valence-corrected chi connectivity index (χ2v) is 5.12. The summed E-state index contributed by atoms with van der Waals surface area (Å²) in [6.07, 6.45) is 1.06. The van der Waals surface area contributed by atoms with Gasteiger partial charge < -0.3 is 10.1 Å². The summed E-state index contributed by atoms with van der Waals surface area (Å²) in [5.41, 5.74) is 1.79. The molecule has 0 spiro atoms. The number of hydrogen-bond acceptors (Lipinski definition) is 2. The first-order valence-corrected chi connectivity index (χ1v) is 6.65. The highest BCUT2D eigenvalue weighted by Gasteiger charge is 2.31. The number of fused-ring (bicyclic) bond motifs is 1. The van der Waals surface area contributed by atoms with E-state index >= 15 is 0 Å². The lowest BCUT2D eigenvalue weighted by Crippen LogP contribution is -2.32. The molecule has 1 aliphatic rings. The van der Waals surface area contributed by atoms with E-state index in [0.717, 1.165) is 17.7 Å². The van der Waals surface area contributed by atoms with Crippen LogP contribution in [-0.4, -0.2) is 18.1 Å². The summed E-state index contributed by atoms with van der Waals surface area (Å²) in [5, 5.41) is 2.99. The van der Waals surface area contributed by atoms with Gasteiger partial charge in [0, 0.05) is 17.5 Å². The number of rotatable bonds is 3. The quantitative estimate of drug-likeness (QED) is 0.891. The summed E-state index contributed by atoms with van der Waals surface area (Å²) >= 11 is 0. The van der Waals surface area contributed by atoms with Gasteiger partial charge in [-0.3, -0.25) is 4.79 Å². The SMILES string of the molecule is CCC(C)NC(=O)c1cccc2c1OC(C)C2C. The Hall–Kier alpha value is -1.51. The molecule has 0 aromatic heterocycles. The molecule has 3 heteroatoms. The number of benzene rings is 1. The van der Waals surface area contributed by atoms with Crippen molar-refractivity contribution in [3.8, 4) is 5.75 Å². The zero-order valence-electron chi connectivity index (χ0n) is 11.5. The van der Waals surface area contributed by atoms with Crippen LogP contribution in [0.25, 0.3) is 0 Å². The van der Waals surface area contributed by atoms with E-state index in [1.165, 1.54) is 0 Å². The third-order valence-electron chi connectivity index (χ3n) is 3.78. The fourth-order valence-corrected chi connectivity index (χ4v) is 2.17. The predicted molar refractivity (Wildman–Crippen MR) is 72.2 cm³/mol. The molecule has 0 aliphatic carbocycles. The zero-order valence-corrected chi connectivity index (χ0v) is 11.5. The van der Waals surface area contributed by atoms with Crippen LogP contribution in [0.2, 0.25) is 0 Å². The van der Waals surface area contributed by atoms with Crippen LogP contribution in [-0.2, 0) is 0 Å². The second-order valence-electron chi connectivity index (χ2n) is 5.12. The average Bonchev–Trinajstić information content (AvgIpc) is 2.65. The van der Waals surface area contributed by atoms with Crippen LogP contribution in [0.15, 0.2) is 18.2 Å². The van der Waals surface area contributed by atoms with Gasteiger partial charge in [-0.15, -0.1) is 0 Å². The summed E-state index contributed by atoms with van der Waals surface area (Å²) in [5.74, 6) is 1.07. The monoisotopic (exact) mass is 247 g/mol. The van der Waals surface area contributed by atoms with Gasteiger partial charge in [0.25, 0.3) is 5.91 Å². The Labute approximate surface area is 109 Å². The average molecular weight is 247 g/mol. The molecule has 3 nitrogen and oxygen atoms in total. The van der Waals surface area contributed by atoms with Crippen molar-refractivity contribution in [3.05, 3.63) is 29.3 Å². The van der Waals surface area contributed by atoms with Gasteiger partial charge in [0.05, 0.1) is 5.56 Å². The fraction of sp³-hybridized carbons (Fsp3) is 0.533. The Morgan fingerprint density at radius 2 is 2.17 bits per heavy atom. The first-order valence-electron chi connectivity index (χ1n) is 6.65. The number of para-hydroxylation sites is 1. The van der Waals surface area contributed by atoms with Crippen molar-refractivity contribution < 1.29 is 9.53 Å². The van der Waals surface area contributed by atoms with Crippen LogP contribution >= 0.6 is 0 Å². The van der Waals surface area contributed by atoms with Crippen LogP contribution in [0.1, 0.15) is 56.0 Å².